The van der Waals surface area contributed by atoms with Gasteiger partial charge < -0.3 is 0 Å². The second-order valence-electron chi connectivity index (χ2n) is 2.12. The molecule has 0 aliphatic heterocycles. The largest absolute Gasteiger partial charge is 0.219 e. The molecule has 0 aliphatic rings. The summed E-state index contributed by atoms with van der Waals surface area (Å²) in [5.41, 5.74) is 0. The Kier molecular flexibility index (Phi) is 2.60. The van der Waals surface area contributed by atoms with Gasteiger partial charge in [0.2, 0.25) is 9.84 Å². The second-order valence-corrected chi connectivity index (χ2v) is 3.95. The van der Waals surface area contributed by atoms with E-state index < -0.39 is 9.84 Å². The molecule has 0 unspecified atom stereocenters. The second kappa shape index (κ2) is 3.49. The first-order valence-corrected chi connectivity index (χ1v) is 4.78. The van der Waals surface area contributed by atoms with Gasteiger partial charge in [-0.2, -0.15) is 0 Å². The maximum atomic E-state index is 11.6. The molecular formula is C8H7FO2S. The first-order valence-electron chi connectivity index (χ1n) is 3.24. The first kappa shape index (κ1) is 8.93. The zero-order chi connectivity index (χ0) is 9.03. The highest BCUT2D eigenvalue weighted by Crippen LogP contribution is 2.10. The summed E-state index contributed by atoms with van der Waals surface area (Å²) < 4.78 is 33.8. The highest BCUT2D eigenvalue weighted by atomic mass is 32.2. The summed E-state index contributed by atoms with van der Waals surface area (Å²) in [6.45, 7) is 0. The minimum atomic E-state index is -3.57. The van der Waals surface area contributed by atoms with Crippen LogP contribution in [-0.4, -0.2) is 8.42 Å². The summed E-state index contributed by atoms with van der Waals surface area (Å²) in [4.78, 5) is 0.0962. The zero-order valence-corrected chi connectivity index (χ0v) is 6.96. The van der Waals surface area contributed by atoms with Gasteiger partial charge in [-0.15, -0.1) is 0 Å². The first-order chi connectivity index (χ1) is 5.67. The topological polar surface area (TPSA) is 34.1 Å². The number of hydrogen-bond acceptors (Lipinski definition) is 2. The summed E-state index contributed by atoms with van der Waals surface area (Å²) in [5.74, 6) is 0. The van der Waals surface area contributed by atoms with E-state index in [4.69, 9.17) is 0 Å². The Labute approximate surface area is 70.3 Å². The molecule has 4 heteroatoms. The Balaban J connectivity index is 3.16. The van der Waals surface area contributed by atoms with Crippen LogP contribution < -0.4 is 0 Å². The average molecular weight is 186 g/mol. The summed E-state index contributed by atoms with van der Waals surface area (Å²) >= 11 is 0. The number of halogens is 1. The number of hydrogen-bond donors (Lipinski definition) is 0. The molecule has 1 aromatic carbocycles. The van der Waals surface area contributed by atoms with E-state index in [9.17, 15) is 12.8 Å². The van der Waals surface area contributed by atoms with Crippen molar-refractivity contribution < 1.29 is 12.8 Å². The molecule has 0 bridgehead atoms. The van der Waals surface area contributed by atoms with E-state index in [-0.39, 0.29) is 11.2 Å². The third-order valence-corrected chi connectivity index (χ3v) is 2.69. The third kappa shape index (κ3) is 1.92. The van der Waals surface area contributed by atoms with Crippen LogP contribution in [0.1, 0.15) is 0 Å². The normalized spacial score (nSPS) is 12.1. The molecule has 0 aliphatic carbocycles. The van der Waals surface area contributed by atoms with Crippen molar-refractivity contribution >= 4 is 9.84 Å². The number of benzene rings is 1. The fourth-order valence-corrected chi connectivity index (χ4v) is 1.59. The molecule has 0 heterocycles. The molecule has 1 aromatic rings. The van der Waals surface area contributed by atoms with Crippen molar-refractivity contribution in [2.45, 2.75) is 4.90 Å². The Morgan fingerprint density at radius 1 is 1.17 bits per heavy atom. The van der Waals surface area contributed by atoms with Gasteiger partial charge in [0.15, 0.2) is 0 Å². The lowest BCUT2D eigenvalue weighted by Gasteiger charge is -1.95. The lowest BCUT2D eigenvalue weighted by atomic mass is 10.4. The summed E-state index contributed by atoms with van der Waals surface area (Å²) in [7, 11) is -3.57. The maximum absolute atomic E-state index is 11.6. The van der Waals surface area contributed by atoms with Gasteiger partial charge >= 0.3 is 0 Å². The molecule has 0 saturated heterocycles. The van der Waals surface area contributed by atoms with Crippen LogP contribution in [0.5, 0.6) is 0 Å². The molecule has 2 nitrogen and oxygen atoms in total. The van der Waals surface area contributed by atoms with Crippen molar-refractivity contribution in [3.63, 3.8) is 0 Å². The molecule has 0 amide bonds. The lowest BCUT2D eigenvalue weighted by molar-refractivity contribution is 0.603. The summed E-state index contributed by atoms with van der Waals surface area (Å²) in [5, 5.41) is 0.530. The van der Waals surface area contributed by atoms with Gasteiger partial charge in [-0.3, -0.25) is 0 Å². The van der Waals surface area contributed by atoms with Crippen molar-refractivity contribution in [3.05, 3.63) is 42.1 Å². The van der Waals surface area contributed by atoms with E-state index in [0.717, 1.165) is 0 Å². The highest BCUT2D eigenvalue weighted by Gasteiger charge is 2.07. The predicted octanol–water partition coefficient (Wildman–Crippen LogP) is 1.90. The minimum absolute atomic E-state index is 0.0162. The number of rotatable bonds is 2. The van der Waals surface area contributed by atoms with E-state index in [2.05, 4.69) is 0 Å². The van der Waals surface area contributed by atoms with Crippen molar-refractivity contribution in [3.8, 4) is 0 Å². The van der Waals surface area contributed by atoms with Gasteiger partial charge in [-0.25, -0.2) is 12.8 Å². The molecule has 0 radical (unpaired) electrons. The summed E-state index contributed by atoms with van der Waals surface area (Å²) in [6.07, 6.45) is 0.0162. The Morgan fingerprint density at radius 3 is 2.25 bits per heavy atom. The highest BCUT2D eigenvalue weighted by molar-refractivity contribution is 7.94. The summed E-state index contributed by atoms with van der Waals surface area (Å²) in [6, 6.07) is 7.68. The van der Waals surface area contributed by atoms with E-state index in [0.29, 0.717) is 5.41 Å². The monoisotopic (exact) mass is 186 g/mol. The van der Waals surface area contributed by atoms with Crippen molar-refractivity contribution in [1.29, 1.82) is 0 Å². The van der Waals surface area contributed by atoms with Crippen LogP contribution in [0.3, 0.4) is 0 Å². The van der Waals surface area contributed by atoms with E-state index in [1.807, 2.05) is 0 Å². The van der Waals surface area contributed by atoms with E-state index >= 15 is 0 Å². The molecule has 1 rings (SSSR count). The van der Waals surface area contributed by atoms with Crippen LogP contribution in [0.2, 0.25) is 0 Å². The molecule has 0 fully saturated rings. The van der Waals surface area contributed by atoms with Gasteiger partial charge in [0.25, 0.3) is 0 Å². The SMILES string of the molecule is O=S(=O)(C=CF)c1ccccc1. The minimum Gasteiger partial charge on any atom is -0.219 e. The molecule has 0 atom stereocenters. The van der Waals surface area contributed by atoms with Gasteiger partial charge in [-0.1, -0.05) is 18.2 Å². The molecular weight excluding hydrogens is 179 g/mol. The van der Waals surface area contributed by atoms with E-state index in [1.165, 1.54) is 12.1 Å². The average Bonchev–Trinajstić information content (AvgIpc) is 2.06. The van der Waals surface area contributed by atoms with Gasteiger partial charge in [-0.05, 0) is 12.1 Å². The predicted molar refractivity (Wildman–Crippen MR) is 43.9 cm³/mol. The molecule has 64 valence electrons. The van der Waals surface area contributed by atoms with Crippen LogP contribution in [0, 0.1) is 0 Å². The Hall–Kier alpha value is -1.16. The van der Waals surface area contributed by atoms with E-state index in [1.54, 1.807) is 18.2 Å². The molecule has 0 N–H and O–H groups in total. The number of sulfone groups is 1. The maximum Gasteiger partial charge on any atom is 0.202 e. The van der Waals surface area contributed by atoms with Crippen LogP contribution in [0.25, 0.3) is 0 Å². The standard InChI is InChI=1S/C8H7FO2S/c9-6-7-12(10,11)8-4-2-1-3-5-8/h1-7H. The van der Waals surface area contributed by atoms with Crippen LogP contribution >= 0.6 is 0 Å². The van der Waals surface area contributed by atoms with Crippen molar-refractivity contribution in [2.24, 2.45) is 0 Å². The quantitative estimate of drug-likeness (QED) is 0.706. The van der Waals surface area contributed by atoms with Gasteiger partial charge in [0.05, 0.1) is 16.6 Å². The van der Waals surface area contributed by atoms with Gasteiger partial charge in [0, 0.05) is 0 Å². The Bertz CT molecular complexity index is 367. The molecule has 0 saturated carbocycles. The Morgan fingerprint density at radius 2 is 1.75 bits per heavy atom. The third-order valence-electron chi connectivity index (χ3n) is 1.30. The van der Waals surface area contributed by atoms with Gasteiger partial charge in [0.1, 0.15) is 0 Å². The van der Waals surface area contributed by atoms with Crippen LogP contribution in [0.4, 0.5) is 4.39 Å². The van der Waals surface area contributed by atoms with Crippen molar-refractivity contribution in [1.82, 2.24) is 0 Å². The molecule has 12 heavy (non-hydrogen) atoms. The fraction of sp³-hybridized carbons (Fsp3) is 0. The fourth-order valence-electron chi connectivity index (χ4n) is 0.756. The smallest absolute Gasteiger partial charge is 0.202 e. The zero-order valence-electron chi connectivity index (χ0n) is 6.14. The molecule has 0 spiro atoms. The van der Waals surface area contributed by atoms with Crippen LogP contribution in [0.15, 0.2) is 47.0 Å². The lowest BCUT2D eigenvalue weighted by Crippen LogP contribution is -1.94. The van der Waals surface area contributed by atoms with Crippen molar-refractivity contribution in [2.75, 3.05) is 0 Å². The molecule has 0 aromatic heterocycles. The van der Waals surface area contributed by atoms with Crippen LogP contribution in [-0.2, 0) is 9.84 Å².